The van der Waals surface area contributed by atoms with E-state index in [2.05, 4.69) is 31.0 Å². The SMILES string of the molecule is CC(C)(C)N1CCC(NCc2ccc(C(=O)O)cc2)CC1. The monoisotopic (exact) mass is 290 g/mol. The average Bonchev–Trinajstić information content (AvgIpc) is 2.45. The molecule has 0 amide bonds. The number of likely N-dealkylation sites (tertiary alicyclic amines) is 1. The normalized spacial score (nSPS) is 17.9. The van der Waals surface area contributed by atoms with Gasteiger partial charge in [0.25, 0.3) is 0 Å². The maximum Gasteiger partial charge on any atom is 0.335 e. The van der Waals surface area contributed by atoms with Crippen LogP contribution in [0.15, 0.2) is 24.3 Å². The molecule has 21 heavy (non-hydrogen) atoms. The van der Waals surface area contributed by atoms with Crippen molar-refractivity contribution in [3.63, 3.8) is 0 Å². The number of hydrogen-bond donors (Lipinski definition) is 2. The Bertz CT molecular complexity index is 469. The molecule has 4 heteroatoms. The summed E-state index contributed by atoms with van der Waals surface area (Å²) in [6.45, 7) is 9.89. The molecule has 116 valence electrons. The van der Waals surface area contributed by atoms with Gasteiger partial charge in [-0.1, -0.05) is 12.1 Å². The van der Waals surface area contributed by atoms with Gasteiger partial charge in [-0.3, -0.25) is 4.90 Å². The van der Waals surface area contributed by atoms with Crippen molar-refractivity contribution >= 4 is 5.97 Å². The van der Waals surface area contributed by atoms with Crippen molar-refractivity contribution in [1.29, 1.82) is 0 Å². The summed E-state index contributed by atoms with van der Waals surface area (Å²) in [7, 11) is 0. The number of nitrogens with one attached hydrogen (secondary N) is 1. The quantitative estimate of drug-likeness (QED) is 0.895. The second-order valence-electron chi connectivity index (χ2n) is 6.82. The lowest BCUT2D eigenvalue weighted by atomic mass is 9.98. The molecule has 0 aliphatic carbocycles. The minimum absolute atomic E-state index is 0.262. The molecule has 1 aliphatic rings. The first-order valence-electron chi connectivity index (χ1n) is 7.67. The number of piperidine rings is 1. The van der Waals surface area contributed by atoms with Crippen molar-refractivity contribution in [2.75, 3.05) is 13.1 Å². The van der Waals surface area contributed by atoms with Crippen molar-refractivity contribution in [1.82, 2.24) is 10.2 Å². The Labute approximate surface area is 127 Å². The van der Waals surface area contributed by atoms with Crippen LogP contribution in [0.4, 0.5) is 0 Å². The van der Waals surface area contributed by atoms with Gasteiger partial charge in [-0.15, -0.1) is 0 Å². The fourth-order valence-electron chi connectivity index (χ4n) is 2.78. The standard InChI is InChI=1S/C17H26N2O2/c1-17(2,3)19-10-8-15(9-11-19)18-12-13-4-6-14(7-5-13)16(20)21/h4-7,15,18H,8-12H2,1-3H3,(H,20,21). The minimum Gasteiger partial charge on any atom is -0.478 e. The van der Waals surface area contributed by atoms with Crippen molar-refractivity contribution in [2.45, 2.75) is 51.7 Å². The Hall–Kier alpha value is -1.39. The van der Waals surface area contributed by atoms with Crippen LogP contribution in [0.25, 0.3) is 0 Å². The number of carboxylic acid groups (broad SMARTS) is 1. The van der Waals surface area contributed by atoms with Gasteiger partial charge in [-0.05, 0) is 51.3 Å². The second kappa shape index (κ2) is 6.58. The summed E-state index contributed by atoms with van der Waals surface area (Å²) in [5, 5.41) is 12.5. The van der Waals surface area contributed by atoms with Crippen LogP contribution in [0.1, 0.15) is 49.5 Å². The largest absolute Gasteiger partial charge is 0.478 e. The summed E-state index contributed by atoms with van der Waals surface area (Å²) in [5.74, 6) is -0.871. The van der Waals surface area contributed by atoms with E-state index in [1.807, 2.05) is 12.1 Å². The molecule has 0 saturated carbocycles. The summed E-state index contributed by atoms with van der Waals surface area (Å²) in [4.78, 5) is 13.3. The van der Waals surface area contributed by atoms with Crippen LogP contribution in [-0.2, 0) is 6.54 Å². The molecule has 2 N–H and O–H groups in total. The summed E-state index contributed by atoms with van der Waals surface area (Å²) >= 11 is 0. The molecule has 0 aromatic heterocycles. The van der Waals surface area contributed by atoms with Gasteiger partial charge in [0, 0.05) is 31.2 Å². The van der Waals surface area contributed by atoms with E-state index in [1.54, 1.807) is 12.1 Å². The Kier molecular flexibility index (Phi) is 5.01. The molecule has 1 saturated heterocycles. The molecular formula is C17H26N2O2. The van der Waals surface area contributed by atoms with Crippen LogP contribution in [0, 0.1) is 0 Å². The fraction of sp³-hybridized carbons (Fsp3) is 0.588. The smallest absolute Gasteiger partial charge is 0.335 e. The first kappa shape index (κ1) is 16.0. The second-order valence-corrected chi connectivity index (χ2v) is 6.82. The molecule has 1 aliphatic heterocycles. The van der Waals surface area contributed by atoms with Crippen LogP contribution in [0.2, 0.25) is 0 Å². The van der Waals surface area contributed by atoms with Crippen molar-refractivity contribution in [3.8, 4) is 0 Å². The molecule has 4 nitrogen and oxygen atoms in total. The average molecular weight is 290 g/mol. The van der Waals surface area contributed by atoms with Crippen LogP contribution in [0.5, 0.6) is 0 Å². The number of carbonyl (C=O) groups is 1. The summed E-state index contributed by atoms with van der Waals surface area (Å²) in [6.07, 6.45) is 2.34. The summed E-state index contributed by atoms with van der Waals surface area (Å²) in [6, 6.07) is 7.67. The number of hydrogen-bond acceptors (Lipinski definition) is 3. The topological polar surface area (TPSA) is 52.6 Å². The Morgan fingerprint density at radius 1 is 1.24 bits per heavy atom. The molecule has 2 rings (SSSR count). The van der Waals surface area contributed by atoms with E-state index in [9.17, 15) is 4.79 Å². The van der Waals surface area contributed by atoms with Gasteiger partial charge in [-0.25, -0.2) is 4.79 Å². The fourth-order valence-corrected chi connectivity index (χ4v) is 2.78. The molecule has 1 aromatic rings. The first-order chi connectivity index (χ1) is 9.86. The zero-order valence-corrected chi connectivity index (χ0v) is 13.2. The number of aromatic carboxylic acids is 1. The van der Waals surface area contributed by atoms with E-state index < -0.39 is 5.97 Å². The third-order valence-electron chi connectivity index (χ3n) is 4.24. The number of nitrogens with zero attached hydrogens (tertiary/aromatic N) is 1. The van der Waals surface area contributed by atoms with E-state index in [-0.39, 0.29) is 5.54 Å². The van der Waals surface area contributed by atoms with Crippen LogP contribution in [-0.4, -0.2) is 40.6 Å². The molecule has 0 unspecified atom stereocenters. The highest BCUT2D eigenvalue weighted by Gasteiger charge is 2.26. The zero-order valence-electron chi connectivity index (χ0n) is 13.2. The van der Waals surface area contributed by atoms with E-state index in [1.165, 1.54) is 12.8 Å². The summed E-state index contributed by atoms with van der Waals surface area (Å²) < 4.78 is 0. The maximum absolute atomic E-state index is 10.8. The third-order valence-corrected chi connectivity index (χ3v) is 4.24. The number of benzene rings is 1. The van der Waals surface area contributed by atoms with Gasteiger partial charge >= 0.3 is 5.97 Å². The van der Waals surface area contributed by atoms with Gasteiger partial charge in [0.05, 0.1) is 5.56 Å². The Morgan fingerprint density at radius 3 is 2.29 bits per heavy atom. The van der Waals surface area contributed by atoms with Crippen molar-refractivity contribution in [2.24, 2.45) is 0 Å². The highest BCUT2D eigenvalue weighted by molar-refractivity contribution is 5.87. The summed E-state index contributed by atoms with van der Waals surface area (Å²) in [5.41, 5.74) is 1.74. The predicted octanol–water partition coefficient (Wildman–Crippen LogP) is 2.74. The highest BCUT2D eigenvalue weighted by Crippen LogP contribution is 2.20. The molecule has 0 radical (unpaired) electrons. The van der Waals surface area contributed by atoms with Crippen LogP contribution < -0.4 is 5.32 Å². The van der Waals surface area contributed by atoms with Crippen LogP contribution >= 0.6 is 0 Å². The third kappa shape index (κ3) is 4.55. The van der Waals surface area contributed by atoms with Crippen LogP contribution in [0.3, 0.4) is 0 Å². The van der Waals surface area contributed by atoms with Gasteiger partial charge in [0.2, 0.25) is 0 Å². The Balaban J connectivity index is 1.78. The van der Waals surface area contributed by atoms with E-state index in [0.29, 0.717) is 11.6 Å². The van der Waals surface area contributed by atoms with Gasteiger partial charge in [0.15, 0.2) is 0 Å². The lowest BCUT2D eigenvalue weighted by Gasteiger charge is -2.41. The molecular weight excluding hydrogens is 264 g/mol. The minimum atomic E-state index is -0.871. The molecule has 1 fully saturated rings. The maximum atomic E-state index is 10.8. The van der Waals surface area contributed by atoms with Gasteiger partial charge in [0.1, 0.15) is 0 Å². The predicted molar refractivity (Wildman–Crippen MR) is 84.6 cm³/mol. The highest BCUT2D eigenvalue weighted by atomic mass is 16.4. The zero-order chi connectivity index (χ0) is 15.5. The van der Waals surface area contributed by atoms with Crippen molar-refractivity contribution in [3.05, 3.63) is 35.4 Å². The number of rotatable bonds is 4. The molecule has 0 spiro atoms. The van der Waals surface area contributed by atoms with Gasteiger partial charge in [-0.2, -0.15) is 0 Å². The van der Waals surface area contributed by atoms with E-state index >= 15 is 0 Å². The lowest BCUT2D eigenvalue weighted by Crippen LogP contribution is -2.49. The van der Waals surface area contributed by atoms with E-state index in [0.717, 1.165) is 25.2 Å². The number of carboxylic acids is 1. The molecule has 0 bridgehead atoms. The lowest BCUT2D eigenvalue weighted by molar-refractivity contribution is 0.0697. The van der Waals surface area contributed by atoms with Crippen molar-refractivity contribution < 1.29 is 9.90 Å². The van der Waals surface area contributed by atoms with E-state index in [4.69, 9.17) is 5.11 Å². The molecule has 0 atom stereocenters. The van der Waals surface area contributed by atoms with Gasteiger partial charge < -0.3 is 10.4 Å². The Morgan fingerprint density at radius 2 is 1.81 bits per heavy atom. The molecule has 1 heterocycles. The first-order valence-corrected chi connectivity index (χ1v) is 7.67. The molecule has 1 aromatic carbocycles.